The van der Waals surface area contributed by atoms with Crippen LogP contribution in [0, 0.1) is 0 Å². The van der Waals surface area contributed by atoms with Gasteiger partial charge < -0.3 is 10.5 Å². The summed E-state index contributed by atoms with van der Waals surface area (Å²) in [5.41, 5.74) is 6.54. The van der Waals surface area contributed by atoms with E-state index in [0.717, 1.165) is 0 Å². The number of nitrogens with zero attached hydrogens (tertiary/aromatic N) is 2. The van der Waals surface area contributed by atoms with Gasteiger partial charge in [0.1, 0.15) is 0 Å². The standard InChI is InChI=1S/C11H9F2N3O2/c12-11(13)18-10(17)9-4-5-16(15-9)8-3-1-2-7(14)6-8/h1-6,11H,14H2. The monoisotopic (exact) mass is 253 g/mol. The summed E-state index contributed by atoms with van der Waals surface area (Å²) in [5.74, 6) is -1.17. The Hall–Kier alpha value is -2.44. The third-order valence-electron chi connectivity index (χ3n) is 2.13. The number of esters is 1. The minimum atomic E-state index is -3.16. The number of halogens is 2. The molecule has 0 spiro atoms. The average molecular weight is 253 g/mol. The summed E-state index contributed by atoms with van der Waals surface area (Å²) in [6.07, 6.45) is 1.46. The molecule has 0 saturated carbocycles. The molecule has 0 saturated heterocycles. The van der Waals surface area contributed by atoms with Crippen LogP contribution in [0.1, 0.15) is 10.5 Å². The van der Waals surface area contributed by atoms with Gasteiger partial charge in [0.2, 0.25) is 0 Å². The predicted octanol–water partition coefficient (Wildman–Crippen LogP) is 1.83. The van der Waals surface area contributed by atoms with E-state index in [0.29, 0.717) is 11.4 Å². The molecule has 2 N–H and O–H groups in total. The van der Waals surface area contributed by atoms with Gasteiger partial charge in [-0.3, -0.25) is 0 Å². The number of nitrogen functional groups attached to an aromatic ring is 1. The number of anilines is 1. The van der Waals surface area contributed by atoms with Crippen molar-refractivity contribution in [2.45, 2.75) is 6.61 Å². The Kier molecular flexibility index (Phi) is 3.22. The maximum Gasteiger partial charge on any atom is 0.389 e. The van der Waals surface area contributed by atoms with Crippen LogP contribution in [0.25, 0.3) is 5.69 Å². The molecule has 2 rings (SSSR count). The molecule has 0 amide bonds. The lowest BCUT2D eigenvalue weighted by Crippen LogP contribution is -2.10. The van der Waals surface area contributed by atoms with Crippen molar-refractivity contribution in [1.29, 1.82) is 0 Å². The number of hydrogen-bond acceptors (Lipinski definition) is 4. The van der Waals surface area contributed by atoms with Gasteiger partial charge in [-0.15, -0.1) is 0 Å². The van der Waals surface area contributed by atoms with Gasteiger partial charge in [-0.25, -0.2) is 9.48 Å². The van der Waals surface area contributed by atoms with E-state index >= 15 is 0 Å². The third-order valence-corrected chi connectivity index (χ3v) is 2.13. The SMILES string of the molecule is Nc1cccc(-n2ccc(C(=O)OC(F)F)n2)c1. The molecule has 5 nitrogen and oxygen atoms in total. The minimum Gasteiger partial charge on any atom is -0.399 e. The number of alkyl halides is 2. The van der Waals surface area contributed by atoms with E-state index in [-0.39, 0.29) is 5.69 Å². The summed E-state index contributed by atoms with van der Waals surface area (Å²) in [6, 6.07) is 8.04. The Morgan fingerprint density at radius 3 is 2.83 bits per heavy atom. The summed E-state index contributed by atoms with van der Waals surface area (Å²) in [4.78, 5) is 11.2. The number of carbonyl (C=O) groups excluding carboxylic acids is 1. The molecule has 0 aliphatic carbocycles. The normalized spacial score (nSPS) is 10.6. The molecule has 0 atom stereocenters. The summed E-state index contributed by atoms with van der Waals surface area (Å²) in [7, 11) is 0. The number of benzene rings is 1. The topological polar surface area (TPSA) is 70.1 Å². The Balaban J connectivity index is 2.23. The highest BCUT2D eigenvalue weighted by atomic mass is 19.3. The number of aromatic nitrogens is 2. The molecule has 0 aliphatic rings. The molecule has 2 aromatic rings. The van der Waals surface area contributed by atoms with Crippen molar-refractivity contribution in [3.05, 3.63) is 42.2 Å². The second-order valence-corrected chi connectivity index (χ2v) is 3.41. The second-order valence-electron chi connectivity index (χ2n) is 3.41. The lowest BCUT2D eigenvalue weighted by atomic mass is 10.3. The molecule has 18 heavy (non-hydrogen) atoms. The Labute approximate surface area is 101 Å². The highest BCUT2D eigenvalue weighted by Gasteiger charge is 2.16. The van der Waals surface area contributed by atoms with Crippen LogP contribution in [0.2, 0.25) is 0 Å². The second kappa shape index (κ2) is 4.82. The van der Waals surface area contributed by atoms with Crippen LogP contribution in [-0.4, -0.2) is 22.4 Å². The van der Waals surface area contributed by atoms with Gasteiger partial charge in [0.05, 0.1) is 5.69 Å². The Bertz CT molecular complexity index is 569. The maximum absolute atomic E-state index is 11.9. The summed E-state index contributed by atoms with van der Waals surface area (Å²) < 4.78 is 28.8. The molecule has 0 unspecified atom stereocenters. The largest absolute Gasteiger partial charge is 0.399 e. The van der Waals surface area contributed by atoms with Crippen LogP contribution in [-0.2, 0) is 4.74 Å². The first-order valence-corrected chi connectivity index (χ1v) is 4.97. The lowest BCUT2D eigenvalue weighted by Gasteiger charge is -2.02. The molecule has 0 fully saturated rings. The van der Waals surface area contributed by atoms with Gasteiger partial charge in [-0.1, -0.05) is 6.07 Å². The maximum atomic E-state index is 11.9. The summed E-state index contributed by atoms with van der Waals surface area (Å²) in [6.45, 7) is -3.16. The third kappa shape index (κ3) is 2.62. The molecular weight excluding hydrogens is 244 g/mol. The van der Waals surface area contributed by atoms with E-state index in [9.17, 15) is 13.6 Å². The van der Waals surface area contributed by atoms with Gasteiger partial charge in [0.25, 0.3) is 0 Å². The quantitative estimate of drug-likeness (QED) is 0.669. The van der Waals surface area contributed by atoms with E-state index in [2.05, 4.69) is 9.84 Å². The summed E-state index contributed by atoms with van der Waals surface area (Å²) in [5, 5.41) is 3.83. The van der Waals surface area contributed by atoms with Crippen molar-refractivity contribution in [2.75, 3.05) is 5.73 Å². The van der Waals surface area contributed by atoms with Crippen LogP contribution in [0.15, 0.2) is 36.5 Å². The first-order chi connectivity index (χ1) is 8.56. The van der Waals surface area contributed by atoms with Crippen molar-refractivity contribution in [3.8, 4) is 5.69 Å². The minimum absolute atomic E-state index is 0.197. The van der Waals surface area contributed by atoms with Crippen molar-refractivity contribution < 1.29 is 18.3 Å². The van der Waals surface area contributed by atoms with Gasteiger partial charge in [0.15, 0.2) is 5.69 Å². The van der Waals surface area contributed by atoms with E-state index in [1.54, 1.807) is 24.3 Å². The number of rotatable bonds is 3. The molecule has 0 bridgehead atoms. The first kappa shape index (κ1) is 12.0. The zero-order valence-electron chi connectivity index (χ0n) is 9.09. The van der Waals surface area contributed by atoms with E-state index in [1.807, 2.05) is 0 Å². The fourth-order valence-corrected chi connectivity index (χ4v) is 1.39. The van der Waals surface area contributed by atoms with Crippen LogP contribution in [0.4, 0.5) is 14.5 Å². The molecule has 1 aromatic heterocycles. The average Bonchev–Trinajstić information content (AvgIpc) is 2.77. The molecule has 1 aromatic carbocycles. The number of ether oxygens (including phenoxy) is 1. The van der Waals surface area contributed by atoms with Crippen molar-refractivity contribution in [3.63, 3.8) is 0 Å². The van der Waals surface area contributed by atoms with Crippen LogP contribution in [0.5, 0.6) is 0 Å². The Morgan fingerprint density at radius 1 is 1.39 bits per heavy atom. The van der Waals surface area contributed by atoms with Crippen LogP contribution >= 0.6 is 0 Å². The molecular formula is C11H9F2N3O2. The number of hydrogen-bond donors (Lipinski definition) is 1. The molecule has 0 radical (unpaired) electrons. The predicted molar refractivity (Wildman–Crippen MR) is 59.4 cm³/mol. The van der Waals surface area contributed by atoms with Gasteiger partial charge in [-0.2, -0.15) is 13.9 Å². The van der Waals surface area contributed by atoms with Crippen molar-refractivity contribution >= 4 is 11.7 Å². The first-order valence-electron chi connectivity index (χ1n) is 4.97. The lowest BCUT2D eigenvalue weighted by molar-refractivity contribution is -0.0909. The molecule has 1 heterocycles. The van der Waals surface area contributed by atoms with Gasteiger partial charge >= 0.3 is 12.6 Å². The molecule has 7 heteroatoms. The fourth-order valence-electron chi connectivity index (χ4n) is 1.39. The zero-order chi connectivity index (χ0) is 13.1. The van der Waals surface area contributed by atoms with Crippen molar-refractivity contribution in [2.24, 2.45) is 0 Å². The zero-order valence-corrected chi connectivity index (χ0v) is 9.09. The smallest absolute Gasteiger partial charge is 0.389 e. The van der Waals surface area contributed by atoms with Crippen LogP contribution < -0.4 is 5.73 Å². The van der Waals surface area contributed by atoms with Gasteiger partial charge in [-0.05, 0) is 24.3 Å². The van der Waals surface area contributed by atoms with E-state index < -0.39 is 12.6 Å². The van der Waals surface area contributed by atoms with Crippen LogP contribution in [0.3, 0.4) is 0 Å². The molecule has 94 valence electrons. The van der Waals surface area contributed by atoms with E-state index in [4.69, 9.17) is 5.73 Å². The van der Waals surface area contributed by atoms with Crippen molar-refractivity contribution in [1.82, 2.24) is 9.78 Å². The number of nitrogens with two attached hydrogens (primary N) is 1. The summed E-state index contributed by atoms with van der Waals surface area (Å²) >= 11 is 0. The number of carbonyl (C=O) groups is 1. The fraction of sp³-hybridized carbons (Fsp3) is 0.0909. The highest BCUT2D eigenvalue weighted by Crippen LogP contribution is 2.12. The van der Waals surface area contributed by atoms with E-state index in [1.165, 1.54) is 16.9 Å². The molecule has 0 aliphatic heterocycles. The Morgan fingerprint density at radius 2 is 2.17 bits per heavy atom. The van der Waals surface area contributed by atoms with Gasteiger partial charge in [0, 0.05) is 11.9 Å². The highest BCUT2D eigenvalue weighted by molar-refractivity contribution is 5.87.